The number of unbranched alkanes of at least 4 members (excludes halogenated alkanes) is 2. The Morgan fingerprint density at radius 2 is 1.23 bits per heavy atom. The first-order valence-corrected chi connectivity index (χ1v) is 14.3. The van der Waals surface area contributed by atoms with E-state index in [2.05, 4.69) is 6.92 Å². The van der Waals surface area contributed by atoms with E-state index in [0.29, 0.717) is 5.92 Å². The fraction of sp³-hybridized carbons (Fsp3) is 0.613. The molecule has 2 fully saturated rings. The van der Waals surface area contributed by atoms with Crippen LogP contribution in [0.15, 0.2) is 30.3 Å². The number of hydrogen-bond acceptors (Lipinski definition) is 0. The van der Waals surface area contributed by atoms with Gasteiger partial charge in [0.2, 0.25) is 0 Å². The molecule has 0 radical (unpaired) electrons. The molecule has 0 atom stereocenters. The van der Waals surface area contributed by atoms with Gasteiger partial charge in [0.15, 0.2) is 0 Å². The lowest BCUT2D eigenvalue weighted by atomic mass is 9.74. The number of halogens is 4. The Morgan fingerprint density at radius 3 is 1.77 bits per heavy atom. The van der Waals surface area contributed by atoms with Gasteiger partial charge in [-0.1, -0.05) is 94.9 Å². The monoisotopic (exact) mass is 504 g/mol. The summed E-state index contributed by atoms with van der Waals surface area (Å²) in [6.45, 7) is 2.29. The molecule has 0 spiro atoms. The molecule has 35 heavy (non-hydrogen) atoms. The van der Waals surface area contributed by atoms with Crippen LogP contribution in [0.3, 0.4) is 0 Å². The summed E-state index contributed by atoms with van der Waals surface area (Å²) in [4.78, 5) is 0. The molecule has 0 aromatic heterocycles. The molecule has 4 rings (SSSR count). The molecule has 2 aromatic carbocycles. The SMILES string of the molecule is CCCCC[C@H]1CC[C@H](CC[C@H]2CC[C@H](c3ccc(-c4cc(F)c(Cl)c(F)c4)c(F)c3)CC2)CC1. The van der Waals surface area contributed by atoms with Crippen molar-refractivity contribution in [2.45, 2.75) is 103 Å². The summed E-state index contributed by atoms with van der Waals surface area (Å²) in [7, 11) is 0. The Morgan fingerprint density at radius 1 is 0.686 bits per heavy atom. The van der Waals surface area contributed by atoms with Gasteiger partial charge >= 0.3 is 0 Å². The minimum atomic E-state index is -0.872. The summed E-state index contributed by atoms with van der Waals surface area (Å²) in [5, 5.41) is -0.558. The lowest BCUT2D eigenvalue weighted by Crippen LogP contribution is -2.18. The molecule has 0 aliphatic heterocycles. The average molecular weight is 505 g/mol. The molecule has 0 amide bonds. The van der Waals surface area contributed by atoms with Crippen LogP contribution in [0.25, 0.3) is 11.1 Å². The highest BCUT2D eigenvalue weighted by Gasteiger charge is 2.26. The van der Waals surface area contributed by atoms with Crippen LogP contribution in [-0.4, -0.2) is 0 Å². The molecular formula is C31H40ClF3. The Bertz CT molecular complexity index is 933. The second-order valence-corrected chi connectivity index (χ2v) is 11.5. The molecule has 2 saturated carbocycles. The highest BCUT2D eigenvalue weighted by atomic mass is 35.5. The first kappa shape index (κ1) is 26.6. The number of benzene rings is 2. The van der Waals surface area contributed by atoms with Gasteiger partial charge in [0.25, 0.3) is 0 Å². The molecular weight excluding hydrogens is 465 g/mol. The summed E-state index contributed by atoms with van der Waals surface area (Å²) in [5.41, 5.74) is 1.38. The van der Waals surface area contributed by atoms with E-state index >= 15 is 0 Å². The molecule has 192 valence electrons. The van der Waals surface area contributed by atoms with E-state index < -0.39 is 22.5 Å². The molecule has 0 heterocycles. The maximum absolute atomic E-state index is 14.9. The Hall–Kier alpha value is -1.48. The molecule has 0 unspecified atom stereocenters. The molecule has 4 heteroatoms. The quantitative estimate of drug-likeness (QED) is 0.235. The molecule has 0 nitrogen and oxygen atoms in total. The van der Waals surface area contributed by atoms with Crippen molar-refractivity contribution in [3.05, 3.63) is 58.4 Å². The zero-order valence-corrected chi connectivity index (χ0v) is 21.9. The van der Waals surface area contributed by atoms with Crippen molar-refractivity contribution < 1.29 is 13.2 Å². The fourth-order valence-corrected chi connectivity index (χ4v) is 6.59. The van der Waals surface area contributed by atoms with E-state index in [9.17, 15) is 13.2 Å². The standard InChI is InChI=1S/C31H40ClF3/c1-2-3-4-5-21-6-8-22(9-7-21)10-11-23-12-14-24(15-13-23)25-16-17-27(28(33)18-25)26-19-29(34)31(32)30(35)20-26/h16-24H,2-15H2,1H3/t21-,22-,23-,24-. The van der Waals surface area contributed by atoms with Crippen molar-refractivity contribution >= 4 is 11.6 Å². The van der Waals surface area contributed by atoms with Gasteiger partial charge in [-0.25, -0.2) is 13.2 Å². The van der Waals surface area contributed by atoms with Gasteiger partial charge in [-0.05, 0) is 78.7 Å². The summed E-state index contributed by atoms with van der Waals surface area (Å²) in [5.74, 6) is 0.907. The van der Waals surface area contributed by atoms with E-state index in [4.69, 9.17) is 11.6 Å². The van der Waals surface area contributed by atoms with E-state index in [0.717, 1.165) is 48.3 Å². The third-order valence-electron chi connectivity index (χ3n) is 8.77. The lowest BCUT2D eigenvalue weighted by molar-refractivity contribution is 0.222. The van der Waals surface area contributed by atoms with Gasteiger partial charge in [-0.15, -0.1) is 0 Å². The van der Waals surface area contributed by atoms with Gasteiger partial charge in [-0.2, -0.15) is 0 Å². The molecule has 2 aliphatic carbocycles. The number of hydrogen-bond donors (Lipinski definition) is 0. The molecule has 2 aliphatic rings. The summed E-state index contributed by atoms with van der Waals surface area (Å²) in [6, 6.07) is 7.31. The van der Waals surface area contributed by atoms with E-state index in [1.165, 1.54) is 77.0 Å². The maximum Gasteiger partial charge on any atom is 0.145 e. The molecule has 0 N–H and O–H groups in total. The Balaban J connectivity index is 1.23. The summed E-state index contributed by atoms with van der Waals surface area (Å²) in [6.07, 6.45) is 18.7. The minimum Gasteiger partial charge on any atom is -0.206 e. The zero-order chi connectivity index (χ0) is 24.8. The van der Waals surface area contributed by atoms with Crippen LogP contribution >= 0.6 is 11.6 Å². The van der Waals surface area contributed by atoms with Gasteiger partial charge in [0.05, 0.1) is 0 Å². The predicted molar refractivity (Wildman–Crippen MR) is 140 cm³/mol. The van der Waals surface area contributed by atoms with Crippen LogP contribution in [0.5, 0.6) is 0 Å². The summed E-state index contributed by atoms with van der Waals surface area (Å²) >= 11 is 5.56. The second kappa shape index (κ2) is 12.7. The summed E-state index contributed by atoms with van der Waals surface area (Å²) < 4.78 is 42.5. The van der Waals surface area contributed by atoms with Crippen molar-refractivity contribution in [1.82, 2.24) is 0 Å². The highest BCUT2D eigenvalue weighted by molar-refractivity contribution is 6.31. The second-order valence-electron chi connectivity index (χ2n) is 11.2. The van der Waals surface area contributed by atoms with Gasteiger partial charge in [0.1, 0.15) is 22.5 Å². The zero-order valence-electron chi connectivity index (χ0n) is 21.1. The fourth-order valence-electron chi connectivity index (χ4n) is 6.48. The Labute approximate surface area is 214 Å². The minimum absolute atomic E-state index is 0.173. The van der Waals surface area contributed by atoms with Crippen molar-refractivity contribution in [2.75, 3.05) is 0 Å². The van der Waals surface area contributed by atoms with Crippen molar-refractivity contribution in [3.8, 4) is 11.1 Å². The average Bonchev–Trinajstić information content (AvgIpc) is 2.87. The van der Waals surface area contributed by atoms with Crippen LogP contribution in [0, 0.1) is 35.2 Å². The van der Waals surface area contributed by atoms with Gasteiger partial charge < -0.3 is 0 Å². The number of rotatable bonds is 9. The van der Waals surface area contributed by atoms with Crippen LogP contribution in [-0.2, 0) is 0 Å². The highest BCUT2D eigenvalue weighted by Crippen LogP contribution is 2.41. The normalized spacial score (nSPS) is 25.1. The van der Waals surface area contributed by atoms with Crippen LogP contribution in [0.2, 0.25) is 5.02 Å². The van der Waals surface area contributed by atoms with Crippen molar-refractivity contribution in [1.29, 1.82) is 0 Å². The van der Waals surface area contributed by atoms with Gasteiger partial charge in [0, 0.05) is 5.56 Å². The first-order chi connectivity index (χ1) is 16.9. The first-order valence-electron chi connectivity index (χ1n) is 13.9. The van der Waals surface area contributed by atoms with Crippen LogP contribution in [0.4, 0.5) is 13.2 Å². The lowest BCUT2D eigenvalue weighted by Gasteiger charge is -2.32. The Kier molecular flexibility index (Phi) is 9.61. The van der Waals surface area contributed by atoms with Crippen molar-refractivity contribution in [3.63, 3.8) is 0 Å². The smallest absolute Gasteiger partial charge is 0.145 e. The van der Waals surface area contributed by atoms with Gasteiger partial charge in [-0.3, -0.25) is 0 Å². The van der Waals surface area contributed by atoms with Crippen LogP contribution < -0.4 is 0 Å². The third-order valence-corrected chi connectivity index (χ3v) is 9.13. The molecule has 0 saturated heterocycles. The maximum atomic E-state index is 14.9. The van der Waals surface area contributed by atoms with E-state index in [-0.39, 0.29) is 11.1 Å². The topological polar surface area (TPSA) is 0 Å². The van der Waals surface area contributed by atoms with Crippen LogP contribution in [0.1, 0.15) is 108 Å². The third kappa shape index (κ3) is 7.06. The van der Waals surface area contributed by atoms with Crippen molar-refractivity contribution in [2.24, 2.45) is 17.8 Å². The molecule has 0 bridgehead atoms. The van der Waals surface area contributed by atoms with E-state index in [1.807, 2.05) is 6.07 Å². The largest absolute Gasteiger partial charge is 0.206 e. The predicted octanol–water partition coefficient (Wildman–Crippen LogP) is 10.9. The molecule has 2 aromatic rings. The van der Waals surface area contributed by atoms with E-state index in [1.54, 1.807) is 12.1 Å².